The second kappa shape index (κ2) is 5.38. The zero-order chi connectivity index (χ0) is 11.8. The van der Waals surface area contributed by atoms with Gasteiger partial charge >= 0.3 is 0 Å². The summed E-state index contributed by atoms with van der Waals surface area (Å²) < 4.78 is 0. The monoisotopic (exact) mass is 273 g/mol. The van der Waals surface area contributed by atoms with Gasteiger partial charge in [-0.2, -0.15) is 0 Å². The van der Waals surface area contributed by atoms with Crippen molar-refractivity contribution in [2.75, 3.05) is 0 Å². The quantitative estimate of drug-likeness (QED) is 0.848. The van der Waals surface area contributed by atoms with E-state index in [1.807, 2.05) is 24.3 Å². The molecule has 0 amide bonds. The number of Topliss-reactive ketones (excluding diaryl/α,β-unsaturated/α-hetero) is 1. The van der Waals surface area contributed by atoms with Gasteiger partial charge in [0.1, 0.15) is 5.78 Å². The number of carbonyl (C=O) groups excluding carboxylic acids is 1. The molecule has 1 aromatic carbocycles. The molecule has 1 aromatic rings. The van der Waals surface area contributed by atoms with Crippen molar-refractivity contribution < 1.29 is 4.79 Å². The average molecular weight is 274 g/mol. The number of rotatable bonds is 1. The molecule has 17 heavy (non-hydrogen) atoms. The van der Waals surface area contributed by atoms with Gasteiger partial charge in [0.25, 0.3) is 0 Å². The number of benzene rings is 1. The number of piperidine rings is 1. The maximum absolute atomic E-state index is 11.7. The fraction of sp³-hybridized carbons (Fsp3) is 0.462. The van der Waals surface area contributed by atoms with Crippen molar-refractivity contribution in [3.8, 4) is 0 Å². The molecule has 1 fully saturated rings. The Morgan fingerprint density at radius 3 is 2.41 bits per heavy atom. The maximum Gasteiger partial charge on any atom is 0.136 e. The first-order chi connectivity index (χ1) is 7.46. The summed E-state index contributed by atoms with van der Waals surface area (Å²) >= 11 is 5.85. The van der Waals surface area contributed by atoms with Gasteiger partial charge in [-0.3, -0.25) is 4.79 Å². The van der Waals surface area contributed by atoms with Crippen molar-refractivity contribution >= 4 is 29.8 Å². The van der Waals surface area contributed by atoms with Crippen LogP contribution < -0.4 is 5.32 Å². The highest BCUT2D eigenvalue weighted by atomic mass is 35.5. The lowest BCUT2D eigenvalue weighted by Gasteiger charge is -2.36. The van der Waals surface area contributed by atoms with Crippen LogP contribution >= 0.6 is 24.0 Å². The molecule has 2 nitrogen and oxygen atoms in total. The van der Waals surface area contributed by atoms with Gasteiger partial charge in [0.2, 0.25) is 0 Å². The normalized spacial score (nSPS) is 23.0. The smallest absolute Gasteiger partial charge is 0.136 e. The summed E-state index contributed by atoms with van der Waals surface area (Å²) in [5.74, 6) is 0.323. The van der Waals surface area contributed by atoms with E-state index in [0.29, 0.717) is 18.6 Å². The van der Waals surface area contributed by atoms with Crippen LogP contribution in [0.4, 0.5) is 0 Å². The van der Waals surface area contributed by atoms with Crippen LogP contribution in [-0.2, 0) is 4.79 Å². The molecule has 1 aliphatic rings. The fourth-order valence-electron chi connectivity index (χ4n) is 2.26. The Balaban J connectivity index is 0.00000144. The summed E-state index contributed by atoms with van der Waals surface area (Å²) in [6.07, 6.45) is 1.18. The molecule has 0 saturated carbocycles. The average Bonchev–Trinajstić information content (AvgIpc) is 2.15. The van der Waals surface area contributed by atoms with Crippen molar-refractivity contribution in [1.29, 1.82) is 0 Å². The Kier molecular flexibility index (Phi) is 4.59. The first-order valence-electron chi connectivity index (χ1n) is 5.51. The van der Waals surface area contributed by atoms with Crippen LogP contribution in [-0.4, -0.2) is 11.3 Å². The molecule has 1 unspecified atom stereocenters. The third-order valence-corrected chi connectivity index (χ3v) is 3.16. The minimum Gasteiger partial charge on any atom is -0.304 e. The molecule has 1 atom stereocenters. The van der Waals surface area contributed by atoms with Gasteiger partial charge in [-0.1, -0.05) is 23.7 Å². The molecule has 1 N–H and O–H groups in total. The molecule has 1 heterocycles. The molecule has 0 aliphatic carbocycles. The van der Waals surface area contributed by atoms with E-state index in [2.05, 4.69) is 19.2 Å². The standard InChI is InChI=1S/C13H16ClNO.ClH/c1-13(2)8-11(16)7-12(15-13)9-3-5-10(14)6-4-9;/h3-6,12,15H,7-8H2,1-2H3;1H. The summed E-state index contributed by atoms with van der Waals surface area (Å²) in [6, 6.07) is 7.81. The topological polar surface area (TPSA) is 29.1 Å². The Morgan fingerprint density at radius 2 is 1.88 bits per heavy atom. The first kappa shape index (κ1) is 14.5. The highest BCUT2D eigenvalue weighted by Crippen LogP contribution is 2.29. The highest BCUT2D eigenvalue weighted by Gasteiger charge is 2.32. The maximum atomic E-state index is 11.7. The van der Waals surface area contributed by atoms with Gasteiger partial charge in [-0.15, -0.1) is 12.4 Å². The van der Waals surface area contributed by atoms with Crippen molar-refractivity contribution in [2.24, 2.45) is 0 Å². The second-order valence-corrected chi connectivity index (χ2v) is 5.49. The molecule has 4 heteroatoms. The first-order valence-corrected chi connectivity index (χ1v) is 5.89. The van der Waals surface area contributed by atoms with E-state index in [4.69, 9.17) is 11.6 Å². The van der Waals surface area contributed by atoms with E-state index < -0.39 is 0 Å². The SMILES string of the molecule is CC1(C)CC(=O)CC(c2ccc(Cl)cc2)N1.Cl. The van der Waals surface area contributed by atoms with Crippen molar-refractivity contribution in [2.45, 2.75) is 38.3 Å². The van der Waals surface area contributed by atoms with Gasteiger partial charge in [-0.05, 0) is 31.5 Å². The molecule has 0 aromatic heterocycles. The van der Waals surface area contributed by atoms with Crippen LogP contribution in [0, 0.1) is 0 Å². The molecule has 0 radical (unpaired) electrons. The Labute approximate surface area is 113 Å². The number of hydrogen-bond donors (Lipinski definition) is 1. The van der Waals surface area contributed by atoms with Crippen LogP contribution in [0.5, 0.6) is 0 Å². The van der Waals surface area contributed by atoms with Gasteiger partial charge < -0.3 is 5.32 Å². The van der Waals surface area contributed by atoms with E-state index in [-0.39, 0.29) is 24.0 Å². The summed E-state index contributed by atoms with van der Waals surface area (Å²) in [5.41, 5.74) is 1.02. The van der Waals surface area contributed by atoms with Crippen LogP contribution in [0.25, 0.3) is 0 Å². The molecule has 0 bridgehead atoms. The van der Waals surface area contributed by atoms with Crippen molar-refractivity contribution in [3.63, 3.8) is 0 Å². The minimum atomic E-state index is -0.111. The lowest BCUT2D eigenvalue weighted by molar-refractivity contribution is -0.122. The van der Waals surface area contributed by atoms with Gasteiger partial charge in [0, 0.05) is 29.4 Å². The summed E-state index contributed by atoms with van der Waals surface area (Å²) in [7, 11) is 0. The Hall–Kier alpha value is -0.570. The molecule has 1 aliphatic heterocycles. The highest BCUT2D eigenvalue weighted by molar-refractivity contribution is 6.30. The number of ketones is 1. The lowest BCUT2D eigenvalue weighted by Crippen LogP contribution is -2.48. The van der Waals surface area contributed by atoms with Crippen LogP contribution in [0.2, 0.25) is 5.02 Å². The predicted molar refractivity (Wildman–Crippen MR) is 72.9 cm³/mol. The number of hydrogen-bond acceptors (Lipinski definition) is 2. The van der Waals surface area contributed by atoms with E-state index in [0.717, 1.165) is 10.6 Å². The summed E-state index contributed by atoms with van der Waals surface area (Å²) in [4.78, 5) is 11.7. The van der Waals surface area contributed by atoms with E-state index in [1.165, 1.54) is 0 Å². The summed E-state index contributed by atoms with van der Waals surface area (Å²) in [6.45, 7) is 4.12. The van der Waals surface area contributed by atoms with E-state index >= 15 is 0 Å². The molecule has 0 spiro atoms. The number of carbonyl (C=O) groups is 1. The van der Waals surface area contributed by atoms with Crippen molar-refractivity contribution in [3.05, 3.63) is 34.9 Å². The molecule has 94 valence electrons. The van der Waals surface area contributed by atoms with Gasteiger partial charge in [-0.25, -0.2) is 0 Å². The van der Waals surface area contributed by atoms with Crippen LogP contribution in [0.3, 0.4) is 0 Å². The lowest BCUT2D eigenvalue weighted by atomic mass is 9.86. The zero-order valence-electron chi connectivity index (χ0n) is 10.00. The van der Waals surface area contributed by atoms with Crippen LogP contribution in [0.15, 0.2) is 24.3 Å². The van der Waals surface area contributed by atoms with Gasteiger partial charge in [0.15, 0.2) is 0 Å². The largest absolute Gasteiger partial charge is 0.304 e. The predicted octanol–water partition coefficient (Wildman–Crippen LogP) is 3.53. The van der Waals surface area contributed by atoms with E-state index in [1.54, 1.807) is 0 Å². The third-order valence-electron chi connectivity index (χ3n) is 2.91. The fourth-order valence-corrected chi connectivity index (χ4v) is 2.39. The molecule has 2 rings (SSSR count). The van der Waals surface area contributed by atoms with Crippen LogP contribution in [0.1, 0.15) is 38.3 Å². The minimum absolute atomic E-state index is 0. The number of halogens is 2. The Morgan fingerprint density at radius 1 is 1.29 bits per heavy atom. The molecule has 1 saturated heterocycles. The van der Waals surface area contributed by atoms with E-state index in [9.17, 15) is 4.79 Å². The number of nitrogens with one attached hydrogen (secondary N) is 1. The zero-order valence-corrected chi connectivity index (χ0v) is 11.6. The molecular formula is C13H17Cl2NO. The van der Waals surface area contributed by atoms with Crippen molar-refractivity contribution in [1.82, 2.24) is 5.32 Å². The second-order valence-electron chi connectivity index (χ2n) is 5.05. The van der Waals surface area contributed by atoms with Gasteiger partial charge in [0.05, 0.1) is 0 Å². The molecular weight excluding hydrogens is 257 g/mol. The Bertz CT molecular complexity index is 400. The third kappa shape index (κ3) is 3.70. The summed E-state index contributed by atoms with van der Waals surface area (Å²) in [5, 5.41) is 4.22.